The van der Waals surface area contributed by atoms with Crippen LogP contribution in [0.3, 0.4) is 0 Å². The summed E-state index contributed by atoms with van der Waals surface area (Å²) in [5.41, 5.74) is 2.58. The number of hydrogen-bond donors (Lipinski definition) is 3. The van der Waals surface area contributed by atoms with Crippen LogP contribution in [-0.4, -0.2) is 35.1 Å². The number of benzene rings is 2. The maximum Gasteiger partial charge on any atom is 0.305 e. The molecule has 0 fully saturated rings. The summed E-state index contributed by atoms with van der Waals surface area (Å²) >= 11 is 1.28. The topological polar surface area (TPSA) is 101 Å². The molecule has 0 bridgehead atoms. The van der Waals surface area contributed by atoms with Crippen LogP contribution in [-0.2, 0) is 16.1 Å². The molecule has 1 amide bonds. The molecule has 2 aromatic carbocycles. The highest BCUT2D eigenvalue weighted by molar-refractivity contribution is 7.14. The smallest absolute Gasteiger partial charge is 0.305 e. The van der Waals surface area contributed by atoms with Crippen molar-refractivity contribution in [2.24, 2.45) is 0 Å². The van der Waals surface area contributed by atoms with E-state index < -0.39 is 17.9 Å². The fraction of sp³-hybridized carbons (Fsp3) is 0.190. The number of methoxy groups -OCH3 is 1. The third-order valence-corrected chi connectivity index (χ3v) is 4.97. The van der Waals surface area contributed by atoms with Crippen molar-refractivity contribution in [1.29, 1.82) is 0 Å². The van der Waals surface area contributed by atoms with Crippen molar-refractivity contribution in [1.82, 2.24) is 10.3 Å². The zero-order valence-electron chi connectivity index (χ0n) is 15.8. The molecule has 3 aromatic rings. The van der Waals surface area contributed by atoms with Gasteiger partial charge in [0, 0.05) is 17.5 Å². The van der Waals surface area contributed by atoms with Crippen LogP contribution in [0.5, 0.6) is 5.75 Å². The maximum absolute atomic E-state index is 12.6. The van der Waals surface area contributed by atoms with Crippen molar-refractivity contribution in [2.45, 2.75) is 19.0 Å². The second-order valence-corrected chi connectivity index (χ2v) is 7.13. The van der Waals surface area contributed by atoms with Gasteiger partial charge in [0.25, 0.3) is 0 Å². The Hall–Kier alpha value is -3.23. The van der Waals surface area contributed by atoms with Gasteiger partial charge >= 0.3 is 5.97 Å². The molecule has 0 unspecified atom stereocenters. The molecule has 1 atom stereocenters. The van der Waals surface area contributed by atoms with Crippen molar-refractivity contribution in [3.63, 3.8) is 0 Å². The first-order valence-corrected chi connectivity index (χ1v) is 9.83. The van der Waals surface area contributed by atoms with Gasteiger partial charge in [0.1, 0.15) is 5.75 Å². The average molecular weight is 411 g/mol. The van der Waals surface area contributed by atoms with Gasteiger partial charge in [0.2, 0.25) is 5.91 Å². The van der Waals surface area contributed by atoms with Crippen molar-refractivity contribution >= 4 is 28.3 Å². The first kappa shape index (κ1) is 20.5. The summed E-state index contributed by atoms with van der Waals surface area (Å²) in [6, 6.07) is 16.1. The van der Waals surface area contributed by atoms with Crippen LogP contribution >= 0.6 is 11.3 Å². The molecule has 0 aliphatic heterocycles. The molecule has 150 valence electrons. The Bertz CT molecular complexity index is 958. The van der Waals surface area contributed by atoms with E-state index in [2.05, 4.69) is 15.6 Å². The Kier molecular flexibility index (Phi) is 6.94. The van der Waals surface area contributed by atoms with Gasteiger partial charge in [0.05, 0.1) is 25.3 Å². The number of carboxylic acids is 1. The van der Waals surface area contributed by atoms with Gasteiger partial charge < -0.3 is 20.5 Å². The molecule has 0 aliphatic carbocycles. The predicted octanol–water partition coefficient (Wildman–Crippen LogP) is 3.39. The Balaban J connectivity index is 1.65. The van der Waals surface area contributed by atoms with Crippen molar-refractivity contribution < 1.29 is 19.4 Å². The van der Waals surface area contributed by atoms with E-state index in [1.54, 1.807) is 7.11 Å². The number of nitrogens with one attached hydrogen (secondary N) is 2. The third kappa shape index (κ3) is 5.87. The van der Waals surface area contributed by atoms with Crippen molar-refractivity contribution in [3.05, 3.63) is 65.5 Å². The van der Waals surface area contributed by atoms with E-state index >= 15 is 0 Å². The molecule has 0 aliphatic rings. The number of aromatic nitrogens is 1. The molecule has 1 aromatic heterocycles. The molecular formula is C21H21N3O4S. The van der Waals surface area contributed by atoms with Crippen molar-refractivity contribution in [3.8, 4) is 17.0 Å². The number of amides is 1. The minimum atomic E-state index is -1.05. The summed E-state index contributed by atoms with van der Waals surface area (Å²) in [6.07, 6.45) is -0.324. The molecule has 7 nitrogen and oxygen atoms in total. The zero-order chi connectivity index (χ0) is 20.6. The average Bonchev–Trinajstić information content (AvgIpc) is 3.20. The molecule has 0 spiro atoms. The molecule has 8 heteroatoms. The summed E-state index contributed by atoms with van der Waals surface area (Å²) in [7, 11) is 1.60. The lowest BCUT2D eigenvalue weighted by Gasteiger charge is -2.16. The highest BCUT2D eigenvalue weighted by atomic mass is 32.1. The molecule has 0 radical (unpaired) electrons. The summed E-state index contributed by atoms with van der Waals surface area (Å²) in [5, 5.41) is 17.1. The lowest BCUT2D eigenvalue weighted by molar-refractivity contribution is -0.139. The van der Waals surface area contributed by atoms with Gasteiger partial charge in [0.15, 0.2) is 5.13 Å². The number of ether oxygens (including phenoxy) is 1. The Morgan fingerprint density at radius 1 is 1.14 bits per heavy atom. The SMILES string of the molecule is COc1ccc(-c2csc(NC(=O)[C@@H](CC(=O)O)NCc3ccccc3)n2)cc1. The molecule has 0 saturated heterocycles. The van der Waals surface area contributed by atoms with Crippen LogP contribution in [0.15, 0.2) is 60.0 Å². The predicted molar refractivity (Wildman–Crippen MR) is 112 cm³/mol. The van der Waals surface area contributed by atoms with Gasteiger partial charge in [-0.3, -0.25) is 9.59 Å². The van der Waals surface area contributed by atoms with Crippen LogP contribution < -0.4 is 15.4 Å². The van der Waals surface area contributed by atoms with E-state index in [1.807, 2.05) is 60.0 Å². The quantitative estimate of drug-likeness (QED) is 0.499. The van der Waals surface area contributed by atoms with E-state index in [4.69, 9.17) is 9.84 Å². The standard InChI is InChI=1S/C21H21N3O4S/c1-28-16-9-7-15(8-10-16)18-13-29-21(23-18)24-20(27)17(11-19(25)26)22-12-14-5-3-2-4-6-14/h2-10,13,17,22H,11-12H2,1H3,(H,25,26)(H,23,24,27)/t17-/m1/s1. The second-order valence-electron chi connectivity index (χ2n) is 6.27. The van der Waals surface area contributed by atoms with Crippen LogP contribution in [0, 0.1) is 0 Å². The number of rotatable bonds is 9. The van der Waals surface area contributed by atoms with E-state index in [9.17, 15) is 9.59 Å². The molecule has 0 saturated carbocycles. The van der Waals surface area contributed by atoms with Crippen LogP contribution in [0.2, 0.25) is 0 Å². The number of carboxylic acid groups (broad SMARTS) is 1. The van der Waals surface area contributed by atoms with Gasteiger partial charge in [-0.15, -0.1) is 11.3 Å². The van der Waals surface area contributed by atoms with Crippen molar-refractivity contribution in [2.75, 3.05) is 12.4 Å². The lowest BCUT2D eigenvalue weighted by Crippen LogP contribution is -2.41. The normalized spacial score (nSPS) is 11.6. The lowest BCUT2D eigenvalue weighted by atomic mass is 10.1. The van der Waals surface area contributed by atoms with E-state index in [1.165, 1.54) is 11.3 Å². The Labute approximate surface area is 172 Å². The first-order valence-electron chi connectivity index (χ1n) is 8.95. The molecule has 29 heavy (non-hydrogen) atoms. The maximum atomic E-state index is 12.6. The highest BCUT2D eigenvalue weighted by Gasteiger charge is 2.22. The number of hydrogen-bond acceptors (Lipinski definition) is 6. The minimum Gasteiger partial charge on any atom is -0.497 e. The molecule has 3 rings (SSSR count). The van der Waals surface area contributed by atoms with Gasteiger partial charge in [-0.25, -0.2) is 4.98 Å². The highest BCUT2D eigenvalue weighted by Crippen LogP contribution is 2.26. The number of nitrogens with zero attached hydrogens (tertiary/aromatic N) is 1. The molecule has 1 heterocycles. The van der Waals surface area contributed by atoms with E-state index in [0.29, 0.717) is 11.7 Å². The Morgan fingerprint density at radius 3 is 2.52 bits per heavy atom. The monoisotopic (exact) mass is 411 g/mol. The van der Waals surface area contributed by atoms with Crippen LogP contribution in [0.25, 0.3) is 11.3 Å². The van der Waals surface area contributed by atoms with Crippen LogP contribution in [0.4, 0.5) is 5.13 Å². The minimum absolute atomic E-state index is 0.324. The number of carbonyl (C=O) groups excluding carboxylic acids is 1. The summed E-state index contributed by atoms with van der Waals surface area (Å²) in [5.74, 6) is -0.735. The molecule has 3 N–H and O–H groups in total. The number of aliphatic carboxylic acids is 1. The fourth-order valence-electron chi connectivity index (χ4n) is 2.69. The van der Waals surface area contributed by atoms with Gasteiger partial charge in [-0.05, 0) is 29.8 Å². The second kappa shape index (κ2) is 9.81. The van der Waals surface area contributed by atoms with E-state index in [0.717, 1.165) is 22.6 Å². The van der Waals surface area contributed by atoms with Crippen LogP contribution in [0.1, 0.15) is 12.0 Å². The van der Waals surface area contributed by atoms with Gasteiger partial charge in [-0.1, -0.05) is 30.3 Å². The summed E-state index contributed by atoms with van der Waals surface area (Å²) < 4.78 is 5.15. The third-order valence-electron chi connectivity index (χ3n) is 4.21. The van der Waals surface area contributed by atoms with Gasteiger partial charge in [-0.2, -0.15) is 0 Å². The molecular weight excluding hydrogens is 390 g/mol. The Morgan fingerprint density at radius 2 is 1.86 bits per heavy atom. The fourth-order valence-corrected chi connectivity index (χ4v) is 3.41. The number of anilines is 1. The first-order chi connectivity index (χ1) is 14.0. The van der Waals surface area contributed by atoms with E-state index in [-0.39, 0.29) is 6.42 Å². The number of carbonyl (C=O) groups is 2. The summed E-state index contributed by atoms with van der Waals surface area (Å²) in [6.45, 7) is 0.390. The largest absolute Gasteiger partial charge is 0.497 e. The summed E-state index contributed by atoms with van der Waals surface area (Å²) in [4.78, 5) is 28.2. The number of thiazole rings is 1. The zero-order valence-corrected chi connectivity index (χ0v) is 16.6.